The summed E-state index contributed by atoms with van der Waals surface area (Å²) in [6.07, 6.45) is 3.24. The Balaban J connectivity index is 2.60. The van der Waals surface area contributed by atoms with Gasteiger partial charge in [0.05, 0.1) is 7.11 Å². The van der Waals surface area contributed by atoms with Gasteiger partial charge >= 0.3 is 0 Å². The van der Waals surface area contributed by atoms with Crippen molar-refractivity contribution in [2.24, 2.45) is 0 Å². The zero-order chi connectivity index (χ0) is 8.81. The van der Waals surface area contributed by atoms with E-state index in [2.05, 4.69) is 19.1 Å². The average molecular weight is 163 g/mol. The maximum atomic E-state index is 5.12. The van der Waals surface area contributed by atoms with Crippen molar-refractivity contribution in [3.05, 3.63) is 36.8 Å². The van der Waals surface area contributed by atoms with Gasteiger partial charge in [-0.2, -0.15) is 0 Å². The van der Waals surface area contributed by atoms with Crippen molar-refractivity contribution in [1.82, 2.24) is 0 Å². The largest absolute Gasteiger partial charge is 0.497 e. The van der Waals surface area contributed by atoms with Gasteiger partial charge < -0.3 is 4.74 Å². The Morgan fingerprint density at radius 2 is 2.25 bits per heavy atom. The molecule has 0 bridgehead atoms. The van der Waals surface area contributed by atoms with Gasteiger partial charge in [-0.3, -0.25) is 0 Å². The lowest BCUT2D eigenvalue weighted by Crippen LogP contribution is -1.87. The van der Waals surface area contributed by atoms with Crippen molar-refractivity contribution in [1.29, 1.82) is 0 Å². The summed E-state index contributed by atoms with van der Waals surface area (Å²) in [7, 11) is 1.69. The number of unbranched alkanes of at least 4 members (excludes halogenated alkanes) is 1. The van der Waals surface area contributed by atoms with Crippen LogP contribution in [0.4, 0.5) is 0 Å². The van der Waals surface area contributed by atoms with Crippen molar-refractivity contribution in [3.8, 4) is 5.75 Å². The summed E-state index contributed by atoms with van der Waals surface area (Å²) in [5.41, 5.74) is 1.33. The fraction of sp³-hybridized carbons (Fsp3) is 0.364. The van der Waals surface area contributed by atoms with E-state index in [9.17, 15) is 0 Å². The number of aryl methyl sites for hydroxylation is 1. The highest BCUT2D eigenvalue weighted by molar-refractivity contribution is 5.28. The topological polar surface area (TPSA) is 9.23 Å². The first-order valence-corrected chi connectivity index (χ1v) is 4.29. The number of benzene rings is 1. The third kappa shape index (κ3) is 2.57. The fourth-order valence-corrected chi connectivity index (χ4v) is 1.16. The van der Waals surface area contributed by atoms with Crippen LogP contribution in [-0.4, -0.2) is 7.11 Å². The van der Waals surface area contributed by atoms with Crippen LogP contribution in [0, 0.1) is 6.92 Å². The molecule has 0 aliphatic carbocycles. The molecule has 0 spiro atoms. The van der Waals surface area contributed by atoms with E-state index in [4.69, 9.17) is 4.74 Å². The van der Waals surface area contributed by atoms with Crippen LogP contribution in [0.1, 0.15) is 18.4 Å². The molecular weight excluding hydrogens is 148 g/mol. The summed E-state index contributed by atoms with van der Waals surface area (Å²) in [5, 5.41) is 0. The molecule has 0 saturated carbocycles. The Labute approximate surface area is 74.4 Å². The van der Waals surface area contributed by atoms with Gasteiger partial charge in [0.2, 0.25) is 0 Å². The summed E-state index contributed by atoms with van der Waals surface area (Å²) < 4.78 is 5.12. The normalized spacial score (nSPS) is 9.83. The predicted molar refractivity (Wildman–Crippen MR) is 51.3 cm³/mol. The van der Waals surface area contributed by atoms with Crippen LogP contribution in [0.3, 0.4) is 0 Å². The number of hydrogen-bond donors (Lipinski definition) is 0. The molecule has 0 unspecified atom stereocenters. The van der Waals surface area contributed by atoms with Crippen LogP contribution in [0.25, 0.3) is 0 Å². The highest BCUT2D eigenvalue weighted by Crippen LogP contribution is 2.14. The van der Waals surface area contributed by atoms with Crippen LogP contribution in [0.15, 0.2) is 24.3 Å². The Morgan fingerprint density at radius 1 is 1.42 bits per heavy atom. The minimum absolute atomic E-state index is 0.941. The lowest BCUT2D eigenvalue weighted by molar-refractivity contribution is 0.414. The minimum Gasteiger partial charge on any atom is -0.497 e. The van der Waals surface area contributed by atoms with Gasteiger partial charge in [0.15, 0.2) is 0 Å². The van der Waals surface area contributed by atoms with Gasteiger partial charge in [0.1, 0.15) is 5.75 Å². The van der Waals surface area contributed by atoms with Crippen LogP contribution >= 0.6 is 0 Å². The first-order valence-electron chi connectivity index (χ1n) is 4.29. The van der Waals surface area contributed by atoms with Crippen molar-refractivity contribution in [2.75, 3.05) is 7.11 Å². The van der Waals surface area contributed by atoms with E-state index < -0.39 is 0 Å². The predicted octanol–water partition coefficient (Wildman–Crippen LogP) is 2.85. The van der Waals surface area contributed by atoms with E-state index in [-0.39, 0.29) is 0 Å². The van der Waals surface area contributed by atoms with Crippen molar-refractivity contribution >= 4 is 0 Å². The highest BCUT2D eigenvalue weighted by Gasteiger charge is 1.94. The van der Waals surface area contributed by atoms with E-state index in [0.29, 0.717) is 0 Å². The second-order valence-electron chi connectivity index (χ2n) is 2.81. The SMILES string of the molecule is [CH2]CCCc1cccc(OC)c1. The molecule has 1 aromatic rings. The van der Waals surface area contributed by atoms with Crippen molar-refractivity contribution < 1.29 is 4.74 Å². The van der Waals surface area contributed by atoms with Crippen LogP contribution in [-0.2, 0) is 6.42 Å². The van der Waals surface area contributed by atoms with Crippen molar-refractivity contribution in [2.45, 2.75) is 19.3 Å². The van der Waals surface area contributed by atoms with Gasteiger partial charge in [-0.15, -0.1) is 0 Å². The molecule has 1 heteroatoms. The molecule has 0 fully saturated rings. The molecule has 0 atom stereocenters. The van der Waals surface area contributed by atoms with Gasteiger partial charge in [-0.1, -0.05) is 25.5 Å². The van der Waals surface area contributed by atoms with Gasteiger partial charge in [0, 0.05) is 0 Å². The van der Waals surface area contributed by atoms with E-state index in [0.717, 1.165) is 25.0 Å². The molecule has 1 radical (unpaired) electrons. The van der Waals surface area contributed by atoms with Crippen LogP contribution in [0.5, 0.6) is 5.75 Å². The summed E-state index contributed by atoms with van der Waals surface area (Å²) >= 11 is 0. The lowest BCUT2D eigenvalue weighted by Gasteiger charge is -2.02. The van der Waals surface area contributed by atoms with Gasteiger partial charge in [0.25, 0.3) is 0 Å². The van der Waals surface area contributed by atoms with Crippen molar-refractivity contribution in [3.63, 3.8) is 0 Å². The summed E-state index contributed by atoms with van der Waals surface area (Å²) in [6.45, 7) is 3.81. The minimum atomic E-state index is 0.941. The third-order valence-electron chi connectivity index (χ3n) is 1.85. The molecule has 0 saturated heterocycles. The summed E-state index contributed by atoms with van der Waals surface area (Å²) in [6, 6.07) is 8.19. The summed E-state index contributed by atoms with van der Waals surface area (Å²) in [5.74, 6) is 0.941. The number of hydrogen-bond acceptors (Lipinski definition) is 1. The highest BCUT2D eigenvalue weighted by atomic mass is 16.5. The molecular formula is C11H15O. The molecule has 0 heterocycles. The summed E-state index contributed by atoms with van der Waals surface area (Å²) in [4.78, 5) is 0. The molecule has 0 N–H and O–H groups in total. The van der Waals surface area contributed by atoms with E-state index in [1.54, 1.807) is 7.11 Å². The fourth-order valence-electron chi connectivity index (χ4n) is 1.16. The molecule has 65 valence electrons. The first-order chi connectivity index (χ1) is 5.86. The molecule has 12 heavy (non-hydrogen) atoms. The quantitative estimate of drug-likeness (QED) is 0.663. The Bertz CT molecular complexity index is 230. The molecule has 1 aromatic carbocycles. The molecule has 1 nitrogen and oxygen atoms in total. The standard InChI is InChI=1S/C11H15O/c1-3-4-6-10-7-5-8-11(9-10)12-2/h5,7-9H,1,3-4,6H2,2H3. The van der Waals surface area contributed by atoms with Gasteiger partial charge in [-0.25, -0.2) is 0 Å². The Hall–Kier alpha value is -0.980. The zero-order valence-electron chi connectivity index (χ0n) is 7.55. The Morgan fingerprint density at radius 3 is 2.92 bits per heavy atom. The smallest absolute Gasteiger partial charge is 0.119 e. The zero-order valence-corrected chi connectivity index (χ0v) is 7.55. The van der Waals surface area contributed by atoms with Crippen LogP contribution < -0.4 is 4.74 Å². The molecule has 0 aromatic heterocycles. The second kappa shape index (κ2) is 4.81. The van der Waals surface area contributed by atoms with E-state index in [1.807, 2.05) is 12.1 Å². The van der Waals surface area contributed by atoms with E-state index >= 15 is 0 Å². The average Bonchev–Trinajstić information content (AvgIpc) is 2.15. The van der Waals surface area contributed by atoms with Gasteiger partial charge in [-0.05, 0) is 30.5 Å². The second-order valence-corrected chi connectivity index (χ2v) is 2.81. The molecule has 0 aliphatic rings. The molecule has 0 amide bonds. The number of ether oxygens (including phenoxy) is 1. The lowest BCUT2D eigenvalue weighted by atomic mass is 10.1. The maximum Gasteiger partial charge on any atom is 0.119 e. The molecule has 1 rings (SSSR count). The number of rotatable bonds is 4. The van der Waals surface area contributed by atoms with Crippen LogP contribution in [0.2, 0.25) is 0 Å². The number of methoxy groups -OCH3 is 1. The van der Waals surface area contributed by atoms with E-state index in [1.165, 1.54) is 5.56 Å². The first kappa shape index (κ1) is 9.11. The monoisotopic (exact) mass is 163 g/mol. The maximum absolute atomic E-state index is 5.12. The third-order valence-corrected chi connectivity index (χ3v) is 1.85. The Kier molecular flexibility index (Phi) is 3.65. The molecule has 0 aliphatic heterocycles.